The van der Waals surface area contributed by atoms with Crippen LogP contribution in [0.1, 0.15) is 72.6 Å². The quantitative estimate of drug-likeness (QED) is 0.258. The first-order valence-corrected chi connectivity index (χ1v) is 18.9. The zero-order chi connectivity index (χ0) is 37.6. The van der Waals surface area contributed by atoms with Gasteiger partial charge < -0.3 is 29.7 Å². The number of alkyl halides is 1. The molecule has 2 heterocycles. The van der Waals surface area contributed by atoms with Gasteiger partial charge in [0.05, 0.1) is 25.9 Å². The number of likely N-dealkylation sites (tertiary alicyclic amines) is 1. The number of nitrogens with zero attached hydrogens (tertiary/aromatic N) is 2. The molecule has 0 unspecified atom stereocenters. The number of methoxy groups -OCH3 is 1. The van der Waals surface area contributed by atoms with E-state index in [4.69, 9.17) is 18.4 Å². The Labute approximate surface area is 301 Å². The van der Waals surface area contributed by atoms with Crippen molar-refractivity contribution >= 4 is 44.9 Å². The van der Waals surface area contributed by atoms with E-state index in [0.29, 0.717) is 36.8 Å². The third kappa shape index (κ3) is 8.51. The Morgan fingerprint density at radius 3 is 2.50 bits per heavy atom. The fourth-order valence-corrected chi connectivity index (χ4v) is 7.80. The standard InChI is InChI=1S/C35H46FN5O10S/c1-33(2,3)50-32(45)38-27(20-6-7-20)30(43)41-19-24(49-29-25-9-8-23(48-5)16-21(25)11-15-37-29)17-26(41)28(42)39-35(18-22(35)10-14-36)31(44)40-52(46,47)51-34(4)12-13-34/h8-9,11,15-16,20,22,24,26-27H,6-7,10,12-14,17-19H2,1-5H3,(H,38,45)(H,39,42)(H,40,44)/t22-,24-,26+,27+,35-/m1/s1. The van der Waals surface area contributed by atoms with E-state index in [-0.39, 0.29) is 37.6 Å². The van der Waals surface area contributed by atoms with Gasteiger partial charge in [-0.2, -0.15) is 8.42 Å². The summed E-state index contributed by atoms with van der Waals surface area (Å²) in [6, 6.07) is 4.94. The molecule has 3 aliphatic carbocycles. The van der Waals surface area contributed by atoms with Crippen LogP contribution in [0.25, 0.3) is 10.8 Å². The van der Waals surface area contributed by atoms with Gasteiger partial charge >= 0.3 is 16.4 Å². The molecule has 0 bridgehead atoms. The van der Waals surface area contributed by atoms with Crippen LogP contribution in [-0.2, 0) is 33.6 Å². The average Bonchev–Trinajstić information content (AvgIpc) is 4.01. The number of hydrogen-bond donors (Lipinski definition) is 3. The van der Waals surface area contributed by atoms with Gasteiger partial charge in [-0.1, -0.05) is 0 Å². The smallest absolute Gasteiger partial charge is 0.408 e. The maximum atomic E-state index is 14.3. The van der Waals surface area contributed by atoms with Gasteiger partial charge in [-0.3, -0.25) is 18.8 Å². The van der Waals surface area contributed by atoms with Crippen molar-refractivity contribution in [1.29, 1.82) is 0 Å². The molecule has 1 aromatic carbocycles. The molecule has 52 heavy (non-hydrogen) atoms. The Morgan fingerprint density at radius 2 is 1.87 bits per heavy atom. The molecule has 6 rings (SSSR count). The molecule has 3 saturated carbocycles. The number of benzene rings is 1. The largest absolute Gasteiger partial charge is 0.497 e. The summed E-state index contributed by atoms with van der Waals surface area (Å²) in [7, 11) is -2.98. The van der Waals surface area contributed by atoms with E-state index in [2.05, 4.69) is 15.6 Å². The van der Waals surface area contributed by atoms with Crippen LogP contribution in [0.3, 0.4) is 0 Å². The lowest BCUT2D eigenvalue weighted by molar-refractivity contribution is -0.141. The predicted octanol–water partition coefficient (Wildman–Crippen LogP) is 3.06. The third-order valence-electron chi connectivity index (χ3n) is 9.89. The molecule has 1 saturated heterocycles. The molecule has 4 aliphatic rings. The molecule has 0 spiro atoms. The lowest BCUT2D eigenvalue weighted by Crippen LogP contribution is -2.58. The van der Waals surface area contributed by atoms with Crippen LogP contribution in [0.2, 0.25) is 0 Å². The lowest BCUT2D eigenvalue weighted by Gasteiger charge is -2.30. The Bertz CT molecular complexity index is 1850. The zero-order valence-electron chi connectivity index (χ0n) is 29.9. The van der Waals surface area contributed by atoms with E-state index in [1.807, 2.05) is 10.8 Å². The number of carbonyl (C=O) groups is 4. The first kappa shape index (κ1) is 37.5. The Balaban J connectivity index is 1.26. The molecular weight excluding hydrogens is 701 g/mol. The van der Waals surface area contributed by atoms with Gasteiger partial charge in [-0.25, -0.2) is 18.7 Å². The van der Waals surface area contributed by atoms with Crippen molar-refractivity contribution in [3.05, 3.63) is 30.5 Å². The number of ether oxygens (including phenoxy) is 3. The van der Waals surface area contributed by atoms with Crippen LogP contribution in [0.15, 0.2) is 30.5 Å². The summed E-state index contributed by atoms with van der Waals surface area (Å²) in [6.07, 6.45) is 2.21. The molecule has 0 radical (unpaired) electrons. The van der Waals surface area contributed by atoms with Crippen molar-refractivity contribution in [2.45, 2.75) is 108 Å². The topological polar surface area (TPSA) is 192 Å². The van der Waals surface area contributed by atoms with Crippen molar-refractivity contribution < 1.29 is 50.4 Å². The molecular formula is C35H46FN5O10S. The second-order valence-corrected chi connectivity index (χ2v) is 16.7. The van der Waals surface area contributed by atoms with Gasteiger partial charge in [0, 0.05) is 18.0 Å². The summed E-state index contributed by atoms with van der Waals surface area (Å²) in [5, 5.41) is 6.83. The van der Waals surface area contributed by atoms with E-state index in [1.165, 1.54) is 4.90 Å². The molecule has 2 aromatic rings. The van der Waals surface area contributed by atoms with Gasteiger partial charge in [0.15, 0.2) is 0 Å². The van der Waals surface area contributed by atoms with Crippen LogP contribution in [0.5, 0.6) is 11.6 Å². The van der Waals surface area contributed by atoms with Crippen molar-refractivity contribution in [2.75, 3.05) is 20.3 Å². The van der Waals surface area contributed by atoms with Crippen LogP contribution < -0.4 is 24.8 Å². The molecule has 5 atom stereocenters. The highest BCUT2D eigenvalue weighted by atomic mass is 32.2. The number of pyridine rings is 1. The number of alkyl carbamates (subject to hydrolysis) is 1. The number of hydrogen-bond acceptors (Lipinski definition) is 11. The van der Waals surface area contributed by atoms with Crippen LogP contribution >= 0.6 is 0 Å². The number of carbonyl (C=O) groups excluding carboxylic acids is 4. The van der Waals surface area contributed by atoms with E-state index in [9.17, 15) is 32.0 Å². The minimum absolute atomic E-state index is 0.0177. The summed E-state index contributed by atoms with van der Waals surface area (Å²) in [4.78, 5) is 60.6. The molecule has 4 fully saturated rings. The van der Waals surface area contributed by atoms with Gasteiger partial charge in [0.1, 0.15) is 35.1 Å². The average molecular weight is 748 g/mol. The Kier molecular flexibility index (Phi) is 10.1. The molecule has 1 aliphatic heterocycles. The van der Waals surface area contributed by atoms with Crippen molar-refractivity contribution in [2.24, 2.45) is 11.8 Å². The minimum atomic E-state index is -4.54. The third-order valence-corrected chi connectivity index (χ3v) is 10.9. The molecule has 15 nitrogen and oxygen atoms in total. The van der Waals surface area contributed by atoms with Gasteiger partial charge in [-0.05, 0) is 108 Å². The van der Waals surface area contributed by atoms with Crippen LogP contribution in [-0.4, -0.2) is 97.4 Å². The summed E-state index contributed by atoms with van der Waals surface area (Å²) in [5.74, 6) is -2.34. The monoisotopic (exact) mass is 747 g/mol. The lowest BCUT2D eigenvalue weighted by atomic mass is 10.1. The van der Waals surface area contributed by atoms with E-state index >= 15 is 0 Å². The first-order valence-electron chi connectivity index (χ1n) is 17.5. The number of rotatable bonds is 14. The second kappa shape index (κ2) is 14.0. The maximum Gasteiger partial charge on any atom is 0.408 e. The highest BCUT2D eigenvalue weighted by Gasteiger charge is 2.63. The van der Waals surface area contributed by atoms with Gasteiger partial charge in [0.2, 0.25) is 17.7 Å². The normalized spacial score (nSPS) is 25.5. The van der Waals surface area contributed by atoms with Gasteiger partial charge in [0.25, 0.3) is 5.91 Å². The van der Waals surface area contributed by atoms with E-state index in [1.54, 1.807) is 59.2 Å². The number of halogens is 1. The summed E-state index contributed by atoms with van der Waals surface area (Å²) < 4.78 is 63.1. The molecule has 284 valence electrons. The van der Waals surface area contributed by atoms with Crippen LogP contribution in [0, 0.1) is 11.8 Å². The van der Waals surface area contributed by atoms with E-state index < -0.39 is 81.6 Å². The minimum Gasteiger partial charge on any atom is -0.497 e. The highest BCUT2D eigenvalue weighted by molar-refractivity contribution is 7.85. The number of amides is 4. The van der Waals surface area contributed by atoms with Crippen molar-refractivity contribution in [1.82, 2.24) is 25.2 Å². The second-order valence-electron chi connectivity index (χ2n) is 15.4. The van der Waals surface area contributed by atoms with Gasteiger partial charge in [-0.15, -0.1) is 0 Å². The highest BCUT2D eigenvalue weighted by Crippen LogP contribution is 2.47. The van der Waals surface area contributed by atoms with Crippen molar-refractivity contribution in [3.8, 4) is 11.6 Å². The number of aromatic nitrogens is 1. The Morgan fingerprint density at radius 1 is 1.13 bits per heavy atom. The van der Waals surface area contributed by atoms with E-state index in [0.717, 1.165) is 5.39 Å². The first-order chi connectivity index (χ1) is 24.4. The zero-order valence-corrected chi connectivity index (χ0v) is 30.7. The molecule has 1 aromatic heterocycles. The fourth-order valence-electron chi connectivity index (χ4n) is 6.66. The molecule has 4 amide bonds. The molecule has 17 heteroatoms. The summed E-state index contributed by atoms with van der Waals surface area (Å²) >= 11 is 0. The SMILES string of the molecule is COc1ccc2c(O[C@@H]3C[C@@H](C(=O)N[C@]4(C(=O)NS(=O)(=O)OC5(C)CC5)C[C@H]4CCF)N(C(=O)[C@@H](NC(=O)OC(C)(C)C)C4CC4)C3)nccc2c1. The number of fused-ring (bicyclic) bond motifs is 1. The fraction of sp³-hybridized carbons (Fsp3) is 0.629. The summed E-state index contributed by atoms with van der Waals surface area (Å²) in [5.41, 5.74) is -3.49. The number of nitrogens with one attached hydrogen (secondary N) is 3. The van der Waals surface area contributed by atoms with Crippen molar-refractivity contribution in [3.63, 3.8) is 0 Å². The Hall–Kier alpha value is -4.25. The molecule has 3 N–H and O–H groups in total. The van der Waals surface area contributed by atoms with Crippen LogP contribution in [0.4, 0.5) is 9.18 Å². The maximum absolute atomic E-state index is 14.3. The predicted molar refractivity (Wildman–Crippen MR) is 184 cm³/mol. The summed E-state index contributed by atoms with van der Waals surface area (Å²) in [6.45, 7) is 5.82.